The topological polar surface area (TPSA) is 66.0 Å². The van der Waals surface area contributed by atoms with E-state index in [1.165, 1.54) is 102 Å². The summed E-state index contributed by atoms with van der Waals surface area (Å²) in [6.07, 6.45) is 22.8. The lowest BCUT2D eigenvalue weighted by molar-refractivity contribution is -0.754. The van der Waals surface area contributed by atoms with Crippen LogP contribution in [0, 0.1) is 6.92 Å². The molecule has 1 aromatic rings. The third-order valence-corrected chi connectivity index (χ3v) is 5.04. The summed E-state index contributed by atoms with van der Waals surface area (Å²) in [5.41, 5.74) is 1.38. The highest BCUT2D eigenvalue weighted by atomic mass is 32.2. The summed E-state index contributed by atoms with van der Waals surface area (Å²) in [5.74, 6) is 0. The van der Waals surface area contributed by atoms with Gasteiger partial charge in [0.2, 0.25) is 0 Å². The highest BCUT2D eigenvalue weighted by molar-refractivity contribution is 7.84. The molecule has 0 bridgehead atoms. The quantitative estimate of drug-likeness (QED) is 0.222. The van der Waals surface area contributed by atoms with E-state index in [1.807, 2.05) is 0 Å². The second kappa shape index (κ2) is 17.0. The largest absolute Gasteiger partial charge is 0.748 e. The normalized spacial score (nSPS) is 11.3. The second-order valence-corrected chi connectivity index (χ2v) is 9.36. The third kappa shape index (κ3) is 18.5. The summed E-state index contributed by atoms with van der Waals surface area (Å²) in [5, 5.41) is 0. The number of hydrogen-bond acceptors (Lipinski definition) is 3. The van der Waals surface area contributed by atoms with Gasteiger partial charge in [-0.3, -0.25) is 0 Å². The van der Waals surface area contributed by atoms with Gasteiger partial charge < -0.3 is 4.55 Å². The maximum Gasteiger partial charge on any atom is 0.195 e. The highest BCUT2D eigenvalue weighted by Crippen LogP contribution is 2.13. The van der Waals surface area contributed by atoms with Crippen LogP contribution >= 0.6 is 0 Å². The van der Waals surface area contributed by atoms with Crippen molar-refractivity contribution in [2.75, 3.05) is 6.26 Å². The minimum Gasteiger partial charge on any atom is -0.748 e. The van der Waals surface area contributed by atoms with Crippen molar-refractivity contribution in [1.82, 2.24) is 4.68 Å². The minimum atomic E-state index is -3.92. The van der Waals surface area contributed by atoms with Gasteiger partial charge in [-0.1, -0.05) is 90.4 Å². The molecule has 0 amide bonds. The van der Waals surface area contributed by atoms with Gasteiger partial charge >= 0.3 is 0 Å². The number of aryl methyl sites for hydroxylation is 2. The van der Waals surface area contributed by atoms with Gasteiger partial charge in [0.15, 0.2) is 13.2 Å². The maximum atomic E-state index is 9.08. The van der Waals surface area contributed by atoms with Crippen molar-refractivity contribution < 1.29 is 17.7 Å². The van der Waals surface area contributed by atoms with Crippen LogP contribution in [0.4, 0.5) is 0 Å². The van der Waals surface area contributed by atoms with E-state index in [0.717, 1.165) is 0 Å². The van der Waals surface area contributed by atoms with E-state index in [1.54, 1.807) is 0 Å². The maximum absolute atomic E-state index is 9.08. The Kier molecular flexibility index (Phi) is 16.5. The Morgan fingerprint density at radius 2 is 1.21 bits per heavy atom. The average molecular weight is 417 g/mol. The van der Waals surface area contributed by atoms with Crippen LogP contribution in [0.1, 0.15) is 103 Å². The van der Waals surface area contributed by atoms with Crippen molar-refractivity contribution >= 4 is 10.1 Å². The molecule has 1 rings (SSSR count). The van der Waals surface area contributed by atoms with Gasteiger partial charge in [-0.05, 0) is 13.3 Å². The molecule has 0 aliphatic heterocycles. The lowest BCUT2D eigenvalue weighted by atomic mass is 10.0. The first-order valence-corrected chi connectivity index (χ1v) is 13.0. The van der Waals surface area contributed by atoms with Gasteiger partial charge in [-0.2, -0.15) is 4.68 Å². The fourth-order valence-electron chi connectivity index (χ4n) is 3.42. The Bertz CT molecular complexity index is 555. The molecule has 5 nitrogen and oxygen atoms in total. The van der Waals surface area contributed by atoms with Gasteiger partial charge in [0.25, 0.3) is 0 Å². The van der Waals surface area contributed by atoms with Crippen LogP contribution < -0.4 is 4.68 Å². The fourth-order valence-corrected chi connectivity index (χ4v) is 3.42. The molecular formula is C22H44N2O3S. The predicted molar refractivity (Wildman–Crippen MR) is 116 cm³/mol. The summed E-state index contributed by atoms with van der Waals surface area (Å²) in [6, 6.07) is 2.20. The molecule has 0 atom stereocenters. The number of nitrogens with zero attached hydrogens (tertiary/aromatic N) is 2. The molecule has 0 aliphatic rings. The fraction of sp³-hybridized carbons (Fsp3) is 0.864. The number of unbranched alkanes of at least 4 members (excludes halogenated alkanes) is 13. The molecule has 0 saturated carbocycles. The third-order valence-electron chi connectivity index (χ3n) is 5.04. The van der Waals surface area contributed by atoms with Crippen LogP contribution in [0.5, 0.6) is 0 Å². The van der Waals surface area contributed by atoms with E-state index < -0.39 is 10.1 Å². The van der Waals surface area contributed by atoms with Crippen LogP contribution in [0.25, 0.3) is 0 Å². The summed E-state index contributed by atoms with van der Waals surface area (Å²) < 4.78 is 31.8. The van der Waals surface area contributed by atoms with Crippen LogP contribution in [0.2, 0.25) is 0 Å². The first-order valence-electron chi connectivity index (χ1n) is 11.2. The molecule has 0 N–H and O–H groups in total. The predicted octanol–water partition coefficient (Wildman–Crippen LogP) is 5.26. The lowest BCUT2D eigenvalue weighted by Gasteiger charge is -2.04. The summed E-state index contributed by atoms with van der Waals surface area (Å²) >= 11 is 0. The molecule has 1 heterocycles. The molecule has 1 aromatic heterocycles. The van der Waals surface area contributed by atoms with E-state index in [-0.39, 0.29) is 0 Å². The van der Waals surface area contributed by atoms with Crippen molar-refractivity contribution in [2.24, 2.45) is 7.05 Å². The zero-order valence-corrected chi connectivity index (χ0v) is 19.6. The van der Waals surface area contributed by atoms with Crippen molar-refractivity contribution in [1.29, 1.82) is 0 Å². The monoisotopic (exact) mass is 416 g/mol. The van der Waals surface area contributed by atoms with E-state index in [4.69, 9.17) is 13.0 Å². The van der Waals surface area contributed by atoms with E-state index in [9.17, 15) is 0 Å². The van der Waals surface area contributed by atoms with Crippen LogP contribution in [0.15, 0.2) is 12.3 Å². The number of hydrogen-bond donors (Lipinski definition) is 0. The van der Waals surface area contributed by atoms with Crippen molar-refractivity contribution in [3.05, 3.63) is 18.0 Å². The van der Waals surface area contributed by atoms with E-state index in [2.05, 4.69) is 42.5 Å². The molecule has 0 radical (unpaired) electrons. The van der Waals surface area contributed by atoms with Gasteiger partial charge in [-0.25, -0.2) is 8.42 Å². The Morgan fingerprint density at radius 3 is 1.54 bits per heavy atom. The molecule has 6 heteroatoms. The van der Waals surface area contributed by atoms with E-state index >= 15 is 0 Å². The standard InChI is InChI=1S/C21H41N2.CH4O3S/c1-4-5-6-7-8-9-10-11-12-13-14-15-16-17-19-23-21(2)18-20-22(23)3;1-5(2,3)4/h18,20H,4-17,19H2,1-3H3;1H3,(H,2,3,4)/q+1;/p-1. The summed E-state index contributed by atoms with van der Waals surface area (Å²) in [6.45, 7) is 5.67. The first-order chi connectivity index (χ1) is 13.3. The number of rotatable bonds is 15. The van der Waals surface area contributed by atoms with E-state index in [0.29, 0.717) is 6.26 Å². The molecule has 166 valence electrons. The number of aromatic nitrogens is 2. The smallest absolute Gasteiger partial charge is 0.195 e. The van der Waals surface area contributed by atoms with Crippen molar-refractivity contribution in [3.8, 4) is 0 Å². The first kappa shape index (κ1) is 27.1. The van der Waals surface area contributed by atoms with Crippen molar-refractivity contribution in [2.45, 2.75) is 110 Å². The molecule has 0 aliphatic carbocycles. The zero-order valence-electron chi connectivity index (χ0n) is 18.8. The molecule has 0 aromatic carbocycles. The Hall–Kier alpha value is -0.880. The van der Waals surface area contributed by atoms with Gasteiger partial charge in [0.05, 0.1) is 22.4 Å². The highest BCUT2D eigenvalue weighted by Gasteiger charge is 2.06. The zero-order chi connectivity index (χ0) is 21.3. The summed E-state index contributed by atoms with van der Waals surface area (Å²) in [7, 11) is -1.78. The van der Waals surface area contributed by atoms with Crippen LogP contribution in [-0.2, 0) is 23.7 Å². The van der Waals surface area contributed by atoms with Gasteiger partial charge in [0.1, 0.15) is 0 Å². The molecular weight excluding hydrogens is 372 g/mol. The van der Waals surface area contributed by atoms with Gasteiger partial charge in [-0.15, -0.1) is 4.68 Å². The van der Waals surface area contributed by atoms with Gasteiger partial charge in [0, 0.05) is 12.3 Å². The molecule has 0 saturated heterocycles. The summed E-state index contributed by atoms with van der Waals surface area (Å²) in [4.78, 5) is 0. The van der Waals surface area contributed by atoms with Crippen molar-refractivity contribution in [3.63, 3.8) is 0 Å². The molecule has 0 fully saturated rings. The molecule has 28 heavy (non-hydrogen) atoms. The minimum absolute atomic E-state index is 0.604. The molecule has 0 unspecified atom stereocenters. The van der Waals surface area contributed by atoms with Crippen LogP contribution in [-0.4, -0.2) is 23.9 Å². The Morgan fingerprint density at radius 1 is 0.857 bits per heavy atom. The Labute approximate surface area is 174 Å². The SMILES string of the molecule is CCCCCCCCCCCCCCCCn1c(C)cc[n+]1C.CS(=O)(=O)[O-]. The average Bonchev–Trinajstić information content (AvgIpc) is 2.92. The lowest BCUT2D eigenvalue weighted by Crippen LogP contribution is -2.38. The Balaban J connectivity index is 0.00000129. The molecule has 0 spiro atoms. The van der Waals surface area contributed by atoms with Crippen LogP contribution in [0.3, 0.4) is 0 Å². The second-order valence-electron chi connectivity index (χ2n) is 7.95.